The monoisotopic (exact) mass is 360 g/mol. The molecule has 1 aromatic heterocycles. The summed E-state index contributed by atoms with van der Waals surface area (Å²) in [6.07, 6.45) is 1.49. The van der Waals surface area contributed by atoms with E-state index in [2.05, 4.69) is 10.4 Å². The van der Waals surface area contributed by atoms with Crippen molar-refractivity contribution in [2.45, 2.75) is 32.7 Å². The highest BCUT2D eigenvalue weighted by Crippen LogP contribution is 2.26. The maximum Gasteiger partial charge on any atom is 0.258 e. The number of hydrogen-bond acceptors (Lipinski definition) is 3. The van der Waals surface area contributed by atoms with Gasteiger partial charge >= 0.3 is 0 Å². The van der Waals surface area contributed by atoms with Gasteiger partial charge in [-0.05, 0) is 31.9 Å². The molecule has 2 amide bonds. The van der Waals surface area contributed by atoms with Crippen molar-refractivity contribution < 1.29 is 9.59 Å². The second kappa shape index (κ2) is 7.27. The van der Waals surface area contributed by atoms with Crippen LogP contribution in [0.25, 0.3) is 5.69 Å². The molecule has 2 heterocycles. The lowest BCUT2D eigenvalue weighted by atomic mass is 10.0. The van der Waals surface area contributed by atoms with Gasteiger partial charge in [0.05, 0.1) is 16.9 Å². The molecule has 1 saturated heterocycles. The van der Waals surface area contributed by atoms with Gasteiger partial charge in [0.25, 0.3) is 5.91 Å². The second-order valence-corrected chi connectivity index (χ2v) is 6.62. The molecule has 0 spiro atoms. The number of aromatic nitrogens is 2. The Labute approximate surface area is 151 Å². The Hall–Kier alpha value is -2.34. The number of halogens is 1. The maximum atomic E-state index is 12.9. The summed E-state index contributed by atoms with van der Waals surface area (Å²) in [6.45, 7) is 4.49. The number of nitrogens with one attached hydrogen (secondary N) is 1. The number of aryl methyl sites for hydroxylation is 1. The molecule has 132 valence electrons. The minimum Gasteiger partial charge on any atom is -0.353 e. The first kappa shape index (κ1) is 17.5. The van der Waals surface area contributed by atoms with E-state index < -0.39 is 0 Å². The number of piperidine rings is 1. The van der Waals surface area contributed by atoms with E-state index in [1.807, 2.05) is 30.3 Å². The number of para-hydroxylation sites is 1. The van der Waals surface area contributed by atoms with Crippen LogP contribution >= 0.6 is 11.6 Å². The lowest BCUT2D eigenvalue weighted by molar-refractivity contribution is -0.119. The Morgan fingerprint density at radius 3 is 2.44 bits per heavy atom. The largest absolute Gasteiger partial charge is 0.353 e. The molecule has 0 aliphatic carbocycles. The van der Waals surface area contributed by atoms with Gasteiger partial charge in [-0.1, -0.05) is 29.8 Å². The van der Waals surface area contributed by atoms with Crippen molar-refractivity contribution in [2.75, 3.05) is 13.1 Å². The number of carbonyl (C=O) groups excluding carboxylic acids is 2. The molecule has 25 heavy (non-hydrogen) atoms. The van der Waals surface area contributed by atoms with E-state index >= 15 is 0 Å². The highest BCUT2D eigenvalue weighted by molar-refractivity contribution is 6.33. The number of rotatable bonds is 3. The summed E-state index contributed by atoms with van der Waals surface area (Å²) in [4.78, 5) is 25.9. The highest BCUT2D eigenvalue weighted by Gasteiger charge is 2.29. The highest BCUT2D eigenvalue weighted by atomic mass is 35.5. The van der Waals surface area contributed by atoms with Crippen LogP contribution in [0.15, 0.2) is 30.3 Å². The number of likely N-dealkylation sites (tertiary alicyclic amines) is 1. The van der Waals surface area contributed by atoms with Gasteiger partial charge in [0.2, 0.25) is 5.91 Å². The van der Waals surface area contributed by atoms with Crippen molar-refractivity contribution in [1.82, 2.24) is 20.0 Å². The van der Waals surface area contributed by atoms with E-state index in [1.165, 1.54) is 6.92 Å². The van der Waals surface area contributed by atoms with Gasteiger partial charge in [0.1, 0.15) is 5.15 Å². The standard InChI is InChI=1S/C18H21ClN4O2/c1-12-16(17(19)23(21-12)15-6-4-3-5-7-15)18(25)22-10-8-14(9-11-22)20-13(2)24/h3-7,14H,8-11H2,1-2H3,(H,20,24). The lowest BCUT2D eigenvalue weighted by Gasteiger charge is -2.32. The zero-order chi connectivity index (χ0) is 18.0. The fourth-order valence-corrected chi connectivity index (χ4v) is 3.51. The van der Waals surface area contributed by atoms with E-state index in [1.54, 1.807) is 16.5 Å². The predicted octanol–water partition coefficient (Wildman–Crippen LogP) is 2.57. The van der Waals surface area contributed by atoms with E-state index in [4.69, 9.17) is 11.6 Å². The molecule has 0 atom stereocenters. The summed E-state index contributed by atoms with van der Waals surface area (Å²) in [7, 11) is 0. The normalized spacial score (nSPS) is 15.2. The Kier molecular flexibility index (Phi) is 5.08. The minimum absolute atomic E-state index is 0.0344. The van der Waals surface area contributed by atoms with E-state index in [0.29, 0.717) is 29.5 Å². The molecule has 2 aromatic rings. The molecule has 1 aliphatic heterocycles. The summed E-state index contributed by atoms with van der Waals surface area (Å²) < 4.78 is 1.59. The van der Waals surface area contributed by atoms with Crippen LogP contribution in [0, 0.1) is 6.92 Å². The number of carbonyl (C=O) groups is 2. The van der Waals surface area contributed by atoms with Gasteiger partial charge in [0, 0.05) is 26.1 Å². The Morgan fingerprint density at radius 2 is 1.84 bits per heavy atom. The quantitative estimate of drug-likeness (QED) is 0.914. The van der Waals surface area contributed by atoms with Crippen LogP contribution in [0.2, 0.25) is 5.15 Å². The van der Waals surface area contributed by atoms with Gasteiger partial charge in [-0.2, -0.15) is 5.10 Å². The minimum atomic E-state index is -0.106. The Bertz CT molecular complexity index is 780. The van der Waals surface area contributed by atoms with Crippen LogP contribution in [0.4, 0.5) is 0 Å². The number of hydrogen-bond donors (Lipinski definition) is 1. The topological polar surface area (TPSA) is 67.2 Å². The van der Waals surface area contributed by atoms with Crippen molar-refractivity contribution in [3.8, 4) is 5.69 Å². The summed E-state index contributed by atoms with van der Waals surface area (Å²) in [5.74, 6) is -0.140. The molecule has 0 saturated carbocycles. The summed E-state index contributed by atoms with van der Waals surface area (Å²) in [5.41, 5.74) is 1.88. The molecule has 3 rings (SSSR count). The van der Waals surface area contributed by atoms with Crippen molar-refractivity contribution in [2.24, 2.45) is 0 Å². The van der Waals surface area contributed by atoms with E-state index in [-0.39, 0.29) is 17.9 Å². The number of nitrogens with zero attached hydrogens (tertiary/aromatic N) is 3. The van der Waals surface area contributed by atoms with Crippen LogP contribution in [0.1, 0.15) is 35.8 Å². The first-order valence-electron chi connectivity index (χ1n) is 8.34. The van der Waals surface area contributed by atoms with Crippen LogP contribution < -0.4 is 5.32 Å². The third-order valence-electron chi connectivity index (χ3n) is 4.41. The van der Waals surface area contributed by atoms with Crippen LogP contribution in [0.3, 0.4) is 0 Å². The number of amides is 2. The van der Waals surface area contributed by atoms with E-state index in [0.717, 1.165) is 18.5 Å². The molecule has 0 radical (unpaired) electrons. The Morgan fingerprint density at radius 1 is 1.20 bits per heavy atom. The number of benzene rings is 1. The molecule has 1 aromatic carbocycles. The summed E-state index contributed by atoms with van der Waals surface area (Å²) >= 11 is 6.47. The lowest BCUT2D eigenvalue weighted by Crippen LogP contribution is -2.46. The van der Waals surface area contributed by atoms with Gasteiger partial charge in [-0.25, -0.2) is 4.68 Å². The third kappa shape index (κ3) is 3.69. The molecular weight excluding hydrogens is 340 g/mol. The second-order valence-electron chi connectivity index (χ2n) is 6.27. The smallest absolute Gasteiger partial charge is 0.258 e. The zero-order valence-electron chi connectivity index (χ0n) is 14.3. The van der Waals surface area contributed by atoms with Crippen LogP contribution in [-0.4, -0.2) is 45.6 Å². The predicted molar refractivity (Wildman–Crippen MR) is 96.1 cm³/mol. The van der Waals surface area contributed by atoms with Crippen molar-refractivity contribution in [3.63, 3.8) is 0 Å². The fraction of sp³-hybridized carbons (Fsp3) is 0.389. The zero-order valence-corrected chi connectivity index (χ0v) is 15.1. The molecule has 0 unspecified atom stereocenters. The molecule has 1 aliphatic rings. The van der Waals surface area contributed by atoms with Gasteiger partial charge in [-0.3, -0.25) is 9.59 Å². The van der Waals surface area contributed by atoms with Crippen LogP contribution in [-0.2, 0) is 4.79 Å². The van der Waals surface area contributed by atoms with Gasteiger partial charge in [0.15, 0.2) is 0 Å². The van der Waals surface area contributed by atoms with E-state index in [9.17, 15) is 9.59 Å². The molecule has 6 nitrogen and oxygen atoms in total. The van der Waals surface area contributed by atoms with Gasteiger partial charge in [-0.15, -0.1) is 0 Å². The average Bonchev–Trinajstić information content (AvgIpc) is 2.90. The maximum absolute atomic E-state index is 12.9. The van der Waals surface area contributed by atoms with Crippen LogP contribution in [0.5, 0.6) is 0 Å². The molecule has 1 N–H and O–H groups in total. The molecule has 7 heteroatoms. The first-order valence-corrected chi connectivity index (χ1v) is 8.72. The summed E-state index contributed by atoms with van der Waals surface area (Å²) in [6, 6.07) is 9.63. The third-order valence-corrected chi connectivity index (χ3v) is 4.76. The molecule has 0 bridgehead atoms. The first-order chi connectivity index (χ1) is 12.0. The molecule has 1 fully saturated rings. The SMILES string of the molecule is CC(=O)NC1CCN(C(=O)c2c(C)nn(-c3ccccc3)c2Cl)CC1. The average molecular weight is 361 g/mol. The van der Waals surface area contributed by atoms with Gasteiger partial charge < -0.3 is 10.2 Å². The van der Waals surface area contributed by atoms with Crippen molar-refractivity contribution in [1.29, 1.82) is 0 Å². The molecular formula is C18H21ClN4O2. The Balaban J connectivity index is 1.78. The van der Waals surface area contributed by atoms with Crippen molar-refractivity contribution in [3.05, 3.63) is 46.7 Å². The van der Waals surface area contributed by atoms with Crippen molar-refractivity contribution >= 4 is 23.4 Å². The fourth-order valence-electron chi connectivity index (χ4n) is 3.15. The summed E-state index contributed by atoms with van der Waals surface area (Å²) in [5, 5.41) is 7.67.